The Kier molecular flexibility index (Phi) is 5.58. The largest absolute Gasteiger partial charge is 0.351 e. The van der Waals surface area contributed by atoms with E-state index in [2.05, 4.69) is 35.0 Å². The number of amides is 2. The molecule has 5 rings (SSSR count). The van der Waals surface area contributed by atoms with Gasteiger partial charge in [-0.15, -0.1) is 11.3 Å². The monoisotopic (exact) mass is 449 g/mol. The van der Waals surface area contributed by atoms with Gasteiger partial charge in [0.25, 0.3) is 5.91 Å². The number of carbonyl (C=O) groups excluding carboxylic acids is 2. The number of benzene rings is 1. The van der Waals surface area contributed by atoms with Gasteiger partial charge in [-0.25, -0.2) is 0 Å². The molecule has 0 radical (unpaired) electrons. The molecule has 2 aliphatic rings. The van der Waals surface area contributed by atoms with E-state index in [0.29, 0.717) is 24.7 Å². The summed E-state index contributed by atoms with van der Waals surface area (Å²) in [4.78, 5) is 29.3. The average molecular weight is 450 g/mol. The molecular weight excluding hydrogens is 418 g/mol. The minimum absolute atomic E-state index is 0.0274. The van der Waals surface area contributed by atoms with Gasteiger partial charge < -0.3 is 14.8 Å². The van der Waals surface area contributed by atoms with E-state index in [-0.39, 0.29) is 17.9 Å². The van der Waals surface area contributed by atoms with E-state index >= 15 is 0 Å². The Morgan fingerprint density at radius 3 is 2.75 bits per heavy atom. The van der Waals surface area contributed by atoms with Crippen LogP contribution >= 0.6 is 11.3 Å². The van der Waals surface area contributed by atoms with Gasteiger partial charge in [-0.2, -0.15) is 0 Å². The molecule has 3 heterocycles. The number of carbonyl (C=O) groups is 2. The van der Waals surface area contributed by atoms with Gasteiger partial charge in [0.1, 0.15) is 11.2 Å². The standard InChI is InChI=1S/C26H31N3O2S/c1-18-8-6-7-11-20(18)27-25(31)26(2)17-28-21-13-15-32-23(21)16-22(28)24(30)29(26)14-12-19-9-4-3-5-10-19/h3-5,9-10,13,15-16,18,20H,6-8,11-12,14,17H2,1-2H3,(H,27,31)/t18-,20-,26-/m1/s1. The zero-order chi connectivity index (χ0) is 22.3. The first-order chi connectivity index (χ1) is 15.5. The Hall–Kier alpha value is -2.60. The summed E-state index contributed by atoms with van der Waals surface area (Å²) in [7, 11) is 0. The molecule has 1 saturated carbocycles. The number of hydrogen-bond acceptors (Lipinski definition) is 3. The van der Waals surface area contributed by atoms with Crippen molar-refractivity contribution < 1.29 is 9.59 Å². The quantitative estimate of drug-likeness (QED) is 0.605. The lowest BCUT2D eigenvalue weighted by atomic mass is 9.85. The van der Waals surface area contributed by atoms with Crippen LogP contribution in [0.25, 0.3) is 10.2 Å². The van der Waals surface area contributed by atoms with Crippen molar-refractivity contribution >= 4 is 33.4 Å². The van der Waals surface area contributed by atoms with E-state index in [9.17, 15) is 9.59 Å². The third kappa shape index (κ3) is 3.64. The average Bonchev–Trinajstić information content (AvgIpc) is 3.38. The molecule has 3 aromatic rings. The molecule has 6 heteroatoms. The van der Waals surface area contributed by atoms with Crippen LogP contribution in [0.15, 0.2) is 47.8 Å². The van der Waals surface area contributed by atoms with Crippen LogP contribution < -0.4 is 5.32 Å². The van der Waals surface area contributed by atoms with Crippen LogP contribution in [0.4, 0.5) is 0 Å². The van der Waals surface area contributed by atoms with E-state index in [1.807, 2.05) is 41.5 Å². The predicted octanol–water partition coefficient (Wildman–Crippen LogP) is 4.85. The number of hydrogen-bond donors (Lipinski definition) is 1. The third-order valence-corrected chi connectivity index (χ3v) is 8.29. The molecule has 168 valence electrons. The molecule has 1 aliphatic carbocycles. The molecule has 5 nitrogen and oxygen atoms in total. The smallest absolute Gasteiger partial charge is 0.271 e. The van der Waals surface area contributed by atoms with Crippen LogP contribution in [-0.2, 0) is 17.8 Å². The fourth-order valence-corrected chi connectivity index (χ4v) is 6.19. The fraction of sp³-hybridized carbons (Fsp3) is 0.462. The second kappa shape index (κ2) is 8.39. The minimum atomic E-state index is -0.927. The Bertz CT molecular complexity index is 1130. The number of nitrogens with one attached hydrogen (secondary N) is 1. The van der Waals surface area contributed by atoms with Gasteiger partial charge in [-0.05, 0) is 55.2 Å². The van der Waals surface area contributed by atoms with Crippen molar-refractivity contribution in [3.63, 3.8) is 0 Å². The van der Waals surface area contributed by atoms with Gasteiger partial charge in [0.15, 0.2) is 0 Å². The molecule has 32 heavy (non-hydrogen) atoms. The van der Waals surface area contributed by atoms with Crippen LogP contribution in [0, 0.1) is 5.92 Å². The highest BCUT2D eigenvalue weighted by Gasteiger charge is 2.48. The molecule has 2 amide bonds. The van der Waals surface area contributed by atoms with E-state index in [0.717, 1.165) is 35.9 Å². The molecule has 1 aromatic carbocycles. The SMILES string of the molecule is C[C@@H]1CCCC[C@H]1NC(=O)[C@@]1(C)Cn2c(cc3sccc32)C(=O)N1CCc1ccccc1. The van der Waals surface area contributed by atoms with Crippen LogP contribution in [-0.4, -0.2) is 39.4 Å². The number of thiophene rings is 1. The van der Waals surface area contributed by atoms with Crippen LogP contribution in [0.5, 0.6) is 0 Å². The van der Waals surface area contributed by atoms with E-state index in [4.69, 9.17) is 0 Å². The second-order valence-corrected chi connectivity index (χ2v) is 10.5. The van der Waals surface area contributed by atoms with Crippen molar-refractivity contribution in [3.8, 4) is 0 Å². The van der Waals surface area contributed by atoms with Crippen molar-refractivity contribution in [2.24, 2.45) is 5.92 Å². The summed E-state index contributed by atoms with van der Waals surface area (Å²) in [6.07, 6.45) is 5.28. The maximum atomic E-state index is 13.8. The molecular formula is C26H31N3O2S. The summed E-state index contributed by atoms with van der Waals surface area (Å²) in [5, 5.41) is 5.40. The Morgan fingerprint density at radius 2 is 1.97 bits per heavy atom. The number of rotatable bonds is 5. The molecule has 0 saturated heterocycles. The molecule has 1 fully saturated rings. The van der Waals surface area contributed by atoms with Crippen LogP contribution in [0.3, 0.4) is 0 Å². The van der Waals surface area contributed by atoms with E-state index in [1.165, 1.54) is 12.0 Å². The summed E-state index contributed by atoms with van der Waals surface area (Å²) in [5.41, 5.74) is 1.98. The highest BCUT2D eigenvalue weighted by atomic mass is 32.1. The van der Waals surface area contributed by atoms with Crippen molar-refractivity contribution in [2.45, 2.75) is 64.1 Å². The lowest BCUT2D eigenvalue weighted by molar-refractivity contribution is -0.134. The first kappa shape index (κ1) is 21.3. The van der Waals surface area contributed by atoms with Crippen molar-refractivity contribution in [1.82, 2.24) is 14.8 Å². The maximum Gasteiger partial charge on any atom is 0.271 e. The summed E-state index contributed by atoms with van der Waals surface area (Å²) < 4.78 is 3.15. The molecule has 2 aromatic heterocycles. The van der Waals surface area contributed by atoms with E-state index in [1.54, 1.807) is 11.3 Å². The molecule has 0 unspecified atom stereocenters. The molecule has 3 atom stereocenters. The molecule has 1 aliphatic heterocycles. The first-order valence-corrected chi connectivity index (χ1v) is 12.6. The number of aromatic nitrogens is 1. The van der Waals surface area contributed by atoms with Gasteiger partial charge in [-0.3, -0.25) is 9.59 Å². The fourth-order valence-electron chi connectivity index (χ4n) is 5.36. The topological polar surface area (TPSA) is 54.3 Å². The van der Waals surface area contributed by atoms with Gasteiger partial charge in [0, 0.05) is 12.6 Å². The molecule has 0 bridgehead atoms. The first-order valence-electron chi connectivity index (χ1n) is 11.7. The van der Waals surface area contributed by atoms with Crippen molar-refractivity contribution in [3.05, 3.63) is 59.1 Å². The van der Waals surface area contributed by atoms with Crippen molar-refractivity contribution in [1.29, 1.82) is 0 Å². The maximum absolute atomic E-state index is 13.8. The van der Waals surface area contributed by atoms with Gasteiger partial charge >= 0.3 is 0 Å². The third-order valence-electron chi connectivity index (χ3n) is 7.43. The Balaban J connectivity index is 1.48. The Labute approximate surface area is 193 Å². The Morgan fingerprint density at radius 1 is 1.19 bits per heavy atom. The highest BCUT2D eigenvalue weighted by Crippen LogP contribution is 2.35. The zero-order valence-corrected chi connectivity index (χ0v) is 19.7. The minimum Gasteiger partial charge on any atom is -0.351 e. The number of nitrogens with zero attached hydrogens (tertiary/aromatic N) is 2. The summed E-state index contributed by atoms with van der Waals surface area (Å²) in [5.74, 6) is 0.393. The predicted molar refractivity (Wildman–Crippen MR) is 129 cm³/mol. The van der Waals surface area contributed by atoms with Crippen LogP contribution in [0.2, 0.25) is 0 Å². The normalized spacial score (nSPS) is 25.7. The zero-order valence-electron chi connectivity index (χ0n) is 18.8. The van der Waals surface area contributed by atoms with Crippen LogP contribution in [0.1, 0.15) is 55.6 Å². The van der Waals surface area contributed by atoms with Gasteiger partial charge in [0.05, 0.1) is 16.8 Å². The highest BCUT2D eigenvalue weighted by molar-refractivity contribution is 7.17. The lowest BCUT2D eigenvalue weighted by Gasteiger charge is -2.45. The molecule has 0 spiro atoms. The molecule has 1 N–H and O–H groups in total. The van der Waals surface area contributed by atoms with Crippen molar-refractivity contribution in [2.75, 3.05) is 6.54 Å². The lowest BCUT2D eigenvalue weighted by Crippen LogP contribution is -2.65. The van der Waals surface area contributed by atoms with Gasteiger partial charge in [-0.1, -0.05) is 50.1 Å². The van der Waals surface area contributed by atoms with E-state index < -0.39 is 5.54 Å². The summed E-state index contributed by atoms with van der Waals surface area (Å²) >= 11 is 1.64. The number of fused-ring (bicyclic) bond motifs is 3. The summed E-state index contributed by atoms with van der Waals surface area (Å²) in [6, 6.07) is 14.4. The van der Waals surface area contributed by atoms with Gasteiger partial charge in [0.2, 0.25) is 5.91 Å². The summed E-state index contributed by atoms with van der Waals surface area (Å²) in [6.45, 7) is 5.17. The second-order valence-electron chi connectivity index (χ2n) is 9.59.